The van der Waals surface area contributed by atoms with Gasteiger partial charge in [-0.3, -0.25) is 0 Å². The van der Waals surface area contributed by atoms with E-state index < -0.39 is 21.8 Å². The molecule has 1 aliphatic rings. The third-order valence-corrected chi connectivity index (χ3v) is 4.83. The van der Waals surface area contributed by atoms with Crippen LogP contribution in [0.5, 0.6) is 0 Å². The molecular formula is C14H13NO5S. The Bertz CT molecular complexity index is 793. The molecule has 110 valence electrons. The van der Waals surface area contributed by atoms with Crippen molar-refractivity contribution in [2.75, 3.05) is 6.54 Å². The van der Waals surface area contributed by atoms with E-state index in [9.17, 15) is 13.2 Å². The summed E-state index contributed by atoms with van der Waals surface area (Å²) in [6.07, 6.45) is 0.831. The first-order valence-corrected chi connectivity index (χ1v) is 7.86. The smallest absolute Gasteiger partial charge is 0.371 e. The summed E-state index contributed by atoms with van der Waals surface area (Å²) in [6.45, 7) is 0.266. The van der Waals surface area contributed by atoms with Gasteiger partial charge in [0.2, 0.25) is 10.9 Å². The van der Waals surface area contributed by atoms with Gasteiger partial charge in [0.25, 0.3) is 10.0 Å². The Morgan fingerprint density at radius 3 is 2.71 bits per heavy atom. The third kappa shape index (κ3) is 2.57. The van der Waals surface area contributed by atoms with Gasteiger partial charge in [-0.15, -0.1) is 0 Å². The quantitative estimate of drug-likeness (QED) is 0.874. The molecule has 2 aromatic rings. The van der Waals surface area contributed by atoms with Crippen molar-refractivity contribution in [3.8, 4) is 0 Å². The highest BCUT2D eigenvalue weighted by atomic mass is 32.2. The van der Waals surface area contributed by atoms with Crippen LogP contribution in [0.4, 0.5) is 0 Å². The number of fused-ring (bicyclic) bond motifs is 1. The van der Waals surface area contributed by atoms with Crippen LogP contribution in [0.25, 0.3) is 0 Å². The molecule has 1 aromatic heterocycles. The molecule has 2 N–H and O–H groups in total. The average Bonchev–Trinajstić information content (AvgIpc) is 2.90. The number of hydrogen-bond donors (Lipinski definition) is 2. The van der Waals surface area contributed by atoms with Gasteiger partial charge in [-0.1, -0.05) is 24.3 Å². The minimum atomic E-state index is -3.83. The summed E-state index contributed by atoms with van der Waals surface area (Å²) in [5, 5.41) is 8.35. The van der Waals surface area contributed by atoms with Crippen LogP contribution in [-0.4, -0.2) is 26.0 Å². The Balaban J connectivity index is 1.69. The predicted octanol–water partition coefficient (Wildman–Crippen LogP) is 1.60. The van der Waals surface area contributed by atoms with Crippen LogP contribution in [-0.2, 0) is 16.4 Å². The molecule has 1 heterocycles. The summed E-state index contributed by atoms with van der Waals surface area (Å²) in [4.78, 5) is 10.7. The van der Waals surface area contributed by atoms with Gasteiger partial charge < -0.3 is 9.52 Å². The first-order valence-electron chi connectivity index (χ1n) is 6.38. The van der Waals surface area contributed by atoms with Gasteiger partial charge in [0, 0.05) is 12.5 Å². The molecule has 1 atom stereocenters. The van der Waals surface area contributed by atoms with E-state index in [0.717, 1.165) is 24.1 Å². The Morgan fingerprint density at radius 2 is 2.05 bits per heavy atom. The van der Waals surface area contributed by atoms with Gasteiger partial charge in [-0.2, -0.15) is 0 Å². The molecule has 6 nitrogen and oxygen atoms in total. The molecule has 7 heteroatoms. The van der Waals surface area contributed by atoms with E-state index in [1.54, 1.807) is 0 Å². The van der Waals surface area contributed by atoms with Crippen LogP contribution in [0.3, 0.4) is 0 Å². The van der Waals surface area contributed by atoms with Crippen molar-refractivity contribution in [2.45, 2.75) is 17.4 Å². The third-order valence-electron chi connectivity index (χ3n) is 3.54. The number of carbonyl (C=O) groups is 1. The molecule has 0 amide bonds. The molecule has 0 spiro atoms. The maximum atomic E-state index is 12.0. The first-order chi connectivity index (χ1) is 9.97. The van der Waals surface area contributed by atoms with E-state index in [2.05, 4.69) is 4.72 Å². The van der Waals surface area contributed by atoms with Crippen molar-refractivity contribution in [1.29, 1.82) is 0 Å². The van der Waals surface area contributed by atoms with E-state index in [-0.39, 0.29) is 17.6 Å². The lowest BCUT2D eigenvalue weighted by Crippen LogP contribution is -2.33. The first kappa shape index (κ1) is 13.8. The standard InChI is InChI=1S/C14H13NO5S/c16-14(17)12-5-6-13(20-12)21(18,19)15-8-10-7-9-3-1-2-4-11(9)10/h1-6,10,15H,7-8H2,(H,16,17). The number of benzene rings is 1. The Hall–Kier alpha value is -2.12. The largest absolute Gasteiger partial charge is 0.475 e. The number of rotatable bonds is 5. The van der Waals surface area contributed by atoms with E-state index in [4.69, 9.17) is 9.52 Å². The fourth-order valence-corrected chi connectivity index (χ4v) is 3.42. The molecule has 0 saturated carbocycles. The second kappa shape index (κ2) is 5.01. The van der Waals surface area contributed by atoms with Gasteiger partial charge in [0.15, 0.2) is 0 Å². The van der Waals surface area contributed by atoms with Crippen LogP contribution >= 0.6 is 0 Å². The van der Waals surface area contributed by atoms with Gasteiger partial charge >= 0.3 is 5.97 Å². The minimum absolute atomic E-state index is 0.143. The van der Waals surface area contributed by atoms with Gasteiger partial charge in [-0.05, 0) is 29.7 Å². The van der Waals surface area contributed by atoms with Crippen molar-refractivity contribution in [1.82, 2.24) is 4.72 Å². The second-order valence-corrected chi connectivity index (χ2v) is 6.57. The van der Waals surface area contributed by atoms with Crippen molar-refractivity contribution < 1.29 is 22.7 Å². The fourth-order valence-electron chi connectivity index (χ4n) is 2.41. The Morgan fingerprint density at radius 1 is 1.29 bits per heavy atom. The monoisotopic (exact) mass is 307 g/mol. The Kier molecular flexibility index (Phi) is 3.30. The summed E-state index contributed by atoms with van der Waals surface area (Å²) in [7, 11) is -3.83. The maximum Gasteiger partial charge on any atom is 0.371 e. The highest BCUT2D eigenvalue weighted by molar-refractivity contribution is 7.89. The normalized spacial score (nSPS) is 17.0. The average molecular weight is 307 g/mol. The van der Waals surface area contributed by atoms with E-state index >= 15 is 0 Å². The lowest BCUT2D eigenvalue weighted by atomic mass is 9.78. The highest BCUT2D eigenvalue weighted by Gasteiger charge is 2.28. The number of carboxylic acid groups (broad SMARTS) is 1. The van der Waals surface area contributed by atoms with E-state index in [1.807, 2.05) is 24.3 Å². The summed E-state index contributed by atoms with van der Waals surface area (Å²) in [5.74, 6) is -1.56. The maximum absolute atomic E-state index is 12.0. The molecular weight excluding hydrogens is 294 g/mol. The van der Waals surface area contributed by atoms with Crippen LogP contribution in [0.15, 0.2) is 45.9 Å². The van der Waals surface area contributed by atoms with Crippen molar-refractivity contribution in [3.05, 3.63) is 53.3 Å². The molecule has 0 saturated heterocycles. The number of sulfonamides is 1. The SMILES string of the molecule is O=C(O)c1ccc(S(=O)(=O)NCC2Cc3ccccc32)o1. The van der Waals surface area contributed by atoms with Crippen LogP contribution in [0.2, 0.25) is 0 Å². The second-order valence-electron chi connectivity index (χ2n) is 4.88. The molecule has 21 heavy (non-hydrogen) atoms. The van der Waals surface area contributed by atoms with Crippen LogP contribution in [0, 0.1) is 0 Å². The Labute approximate surface area is 121 Å². The van der Waals surface area contributed by atoms with Gasteiger partial charge in [0.05, 0.1) is 0 Å². The van der Waals surface area contributed by atoms with Gasteiger partial charge in [-0.25, -0.2) is 17.9 Å². The van der Waals surface area contributed by atoms with Gasteiger partial charge in [0.1, 0.15) is 0 Å². The van der Waals surface area contributed by atoms with Crippen molar-refractivity contribution in [2.24, 2.45) is 0 Å². The van der Waals surface area contributed by atoms with Crippen molar-refractivity contribution >= 4 is 16.0 Å². The highest BCUT2D eigenvalue weighted by Crippen LogP contribution is 2.34. The summed E-state index contributed by atoms with van der Waals surface area (Å²) in [6, 6.07) is 10.1. The lowest BCUT2D eigenvalue weighted by Gasteiger charge is -2.29. The lowest BCUT2D eigenvalue weighted by molar-refractivity contribution is 0.0656. The molecule has 1 aromatic carbocycles. The van der Waals surface area contributed by atoms with Crippen LogP contribution < -0.4 is 4.72 Å². The molecule has 0 radical (unpaired) electrons. The van der Waals surface area contributed by atoms with E-state index in [0.29, 0.717) is 0 Å². The summed E-state index contributed by atoms with van der Waals surface area (Å²) >= 11 is 0. The zero-order valence-electron chi connectivity index (χ0n) is 10.9. The zero-order valence-corrected chi connectivity index (χ0v) is 11.8. The number of aromatic carboxylic acids is 1. The van der Waals surface area contributed by atoms with Crippen LogP contribution in [0.1, 0.15) is 27.6 Å². The number of furan rings is 1. The minimum Gasteiger partial charge on any atom is -0.475 e. The topological polar surface area (TPSA) is 96.6 Å². The number of carboxylic acids is 1. The summed E-state index contributed by atoms with van der Waals surface area (Å²) in [5.41, 5.74) is 2.37. The summed E-state index contributed by atoms with van der Waals surface area (Å²) < 4.78 is 31.3. The van der Waals surface area contributed by atoms with E-state index in [1.165, 1.54) is 5.56 Å². The zero-order chi connectivity index (χ0) is 15.0. The molecule has 1 aliphatic carbocycles. The molecule has 0 aliphatic heterocycles. The number of hydrogen-bond acceptors (Lipinski definition) is 4. The molecule has 0 fully saturated rings. The fraction of sp³-hybridized carbons (Fsp3) is 0.214. The molecule has 0 bridgehead atoms. The molecule has 3 rings (SSSR count). The number of nitrogens with one attached hydrogen (secondary N) is 1. The van der Waals surface area contributed by atoms with Crippen molar-refractivity contribution in [3.63, 3.8) is 0 Å². The predicted molar refractivity (Wildman–Crippen MR) is 73.7 cm³/mol. The molecule has 1 unspecified atom stereocenters.